The normalized spacial score (nSPS) is 15.1. The van der Waals surface area contributed by atoms with E-state index in [0.717, 1.165) is 23.1 Å². The standard InChI is InChI=1S/C17H14B7ClN3O/c25-15-8-6-14(7-9-15)16-10-27(12-23-22-28-20-18-24(23)19-21-28)26-17(16)29-11-13-4-2-1-3-5-13/h1-10H,11-12H2. The van der Waals surface area contributed by atoms with Gasteiger partial charge in [-0.2, -0.15) is 0 Å². The molecule has 0 N–H and O–H groups in total. The van der Waals surface area contributed by atoms with E-state index in [1.165, 1.54) is 0 Å². The Morgan fingerprint density at radius 2 is 1.76 bits per heavy atom. The van der Waals surface area contributed by atoms with Crippen LogP contribution in [0.5, 0.6) is 5.88 Å². The summed E-state index contributed by atoms with van der Waals surface area (Å²) in [5.74, 6) is 0.642. The Kier molecular flexibility index (Phi) is 5.60. The van der Waals surface area contributed by atoms with Gasteiger partial charge in [-0.25, -0.2) is 0 Å². The van der Waals surface area contributed by atoms with Gasteiger partial charge in [-0.3, -0.25) is 4.68 Å². The van der Waals surface area contributed by atoms with Crippen molar-refractivity contribution in [3.63, 3.8) is 0 Å². The van der Waals surface area contributed by atoms with Gasteiger partial charge < -0.3 is 9.37 Å². The van der Waals surface area contributed by atoms with Crippen molar-refractivity contribution < 1.29 is 4.74 Å². The Morgan fingerprint density at radius 1 is 1.00 bits per heavy atom. The Hall–Kier alpha value is -1.85. The summed E-state index contributed by atoms with van der Waals surface area (Å²) in [5.41, 5.74) is 3.14. The molecule has 3 aliphatic heterocycles. The first-order valence-electron chi connectivity index (χ1n) is 9.74. The van der Waals surface area contributed by atoms with Crippen LogP contribution in [-0.2, 0) is 13.1 Å². The predicted octanol–water partition coefficient (Wildman–Crippen LogP) is 1.30. The van der Waals surface area contributed by atoms with Gasteiger partial charge in [-0.15, -0.1) is 5.10 Å². The number of hydrogen-bond acceptors (Lipinski definition) is 3. The van der Waals surface area contributed by atoms with E-state index >= 15 is 0 Å². The Bertz CT molecular complexity index is 967. The SMILES string of the molecule is Clc1ccc(-c2cn(CB3[B]N4[B][B]B3[B][B]4)nc2OCc2ccccc2)cc1. The highest BCUT2D eigenvalue weighted by Gasteiger charge is 2.39. The molecule has 0 atom stereocenters. The van der Waals surface area contributed by atoms with Gasteiger partial charge in [0.25, 0.3) is 0 Å². The van der Waals surface area contributed by atoms with E-state index in [-0.39, 0.29) is 0 Å². The van der Waals surface area contributed by atoms with Crippen LogP contribution in [-0.4, -0.2) is 63.3 Å². The molecule has 3 saturated heterocycles. The number of ether oxygens (including phenoxy) is 1. The summed E-state index contributed by atoms with van der Waals surface area (Å²) in [6, 6.07) is 17.9. The van der Waals surface area contributed by atoms with Crippen molar-refractivity contribution in [2.24, 2.45) is 0 Å². The van der Waals surface area contributed by atoms with Crippen LogP contribution >= 0.6 is 11.6 Å². The van der Waals surface area contributed by atoms with Crippen molar-refractivity contribution in [1.82, 2.24) is 14.4 Å². The van der Waals surface area contributed by atoms with Crippen LogP contribution < -0.4 is 4.74 Å². The molecule has 0 saturated carbocycles. The summed E-state index contributed by atoms with van der Waals surface area (Å²) in [7, 11) is 10.9. The summed E-state index contributed by atoms with van der Waals surface area (Å²) < 4.78 is 10.2. The van der Waals surface area contributed by atoms with Crippen molar-refractivity contribution in [2.45, 2.75) is 13.1 Å². The second-order valence-electron chi connectivity index (χ2n) is 7.37. The van der Waals surface area contributed by atoms with Gasteiger partial charge in [0.05, 0.1) is 5.56 Å². The third-order valence-corrected chi connectivity index (χ3v) is 5.57. The lowest BCUT2D eigenvalue weighted by Crippen LogP contribution is -2.73. The molecule has 4 heterocycles. The lowest BCUT2D eigenvalue weighted by molar-refractivity contribution is 0.291. The van der Waals surface area contributed by atoms with Gasteiger partial charge in [-0.05, 0) is 23.3 Å². The third-order valence-electron chi connectivity index (χ3n) is 5.32. The van der Waals surface area contributed by atoms with Gasteiger partial charge in [0, 0.05) is 38.2 Å². The maximum absolute atomic E-state index is 6.13. The average Bonchev–Trinajstić information content (AvgIpc) is 3.17. The van der Waals surface area contributed by atoms with Gasteiger partial charge in [0.15, 0.2) is 0 Å². The highest BCUT2D eigenvalue weighted by atomic mass is 35.5. The Labute approximate surface area is 181 Å². The minimum absolute atomic E-state index is 0.380. The minimum atomic E-state index is 0.380. The molecule has 3 aliphatic rings. The molecule has 0 aliphatic carbocycles. The van der Waals surface area contributed by atoms with Gasteiger partial charge >= 0.3 is 0 Å². The molecular formula is C17H14B7ClN3O. The van der Waals surface area contributed by atoms with E-state index in [1.54, 1.807) is 0 Å². The molecular weight excluding hydrogens is 373 g/mol. The number of nitrogens with zero attached hydrogens (tertiary/aromatic N) is 3. The molecule has 0 amide bonds. The summed E-state index contributed by atoms with van der Waals surface area (Å²) >= 11 is 6.08. The first-order valence-corrected chi connectivity index (χ1v) is 10.1. The number of aromatic nitrogens is 2. The number of fused-ring (bicyclic) bond motifs is 3. The topological polar surface area (TPSA) is 30.3 Å². The van der Waals surface area contributed by atoms with E-state index in [0.29, 0.717) is 30.4 Å². The Balaban J connectivity index is 1.39. The van der Waals surface area contributed by atoms with Crippen molar-refractivity contribution in [3.8, 4) is 17.0 Å². The molecule has 12 heteroatoms. The zero-order valence-corrected chi connectivity index (χ0v) is 16.6. The largest absolute Gasteiger partial charge is 0.471 e. The number of halogens is 1. The molecule has 131 valence electrons. The van der Waals surface area contributed by atoms with E-state index in [2.05, 4.69) is 59.0 Å². The molecule has 1 aromatic heterocycles. The fourth-order valence-electron chi connectivity index (χ4n) is 3.76. The van der Waals surface area contributed by atoms with Gasteiger partial charge in [0.2, 0.25) is 5.88 Å². The van der Waals surface area contributed by atoms with E-state index in [1.807, 2.05) is 47.1 Å². The second-order valence-corrected chi connectivity index (χ2v) is 7.81. The molecule has 29 heavy (non-hydrogen) atoms. The molecule has 3 fully saturated rings. The van der Waals surface area contributed by atoms with E-state index in [4.69, 9.17) is 21.4 Å². The minimum Gasteiger partial charge on any atom is -0.471 e. The monoisotopic (exact) mass is 388 g/mol. The van der Waals surface area contributed by atoms with Gasteiger partial charge in [0.1, 0.15) is 35.0 Å². The van der Waals surface area contributed by atoms with Crippen molar-refractivity contribution in [2.75, 3.05) is 0 Å². The van der Waals surface area contributed by atoms with E-state index < -0.39 is 0 Å². The molecule has 2 bridgehead atoms. The zero-order chi connectivity index (χ0) is 19.6. The van der Waals surface area contributed by atoms with Crippen molar-refractivity contribution >= 4 is 60.5 Å². The summed E-state index contributed by atoms with van der Waals surface area (Å²) in [4.78, 5) is 0. The molecule has 3 aromatic rings. The lowest BCUT2D eigenvalue weighted by Gasteiger charge is -2.41. The second kappa shape index (κ2) is 8.49. The summed E-state index contributed by atoms with van der Waals surface area (Å²) in [5, 5.41) is 5.49. The fraction of sp³-hybridized carbons (Fsp3) is 0.118. The average molecular weight is 387 g/mol. The molecule has 2 aromatic carbocycles. The maximum Gasteiger partial charge on any atom is 0.241 e. The van der Waals surface area contributed by atoms with Crippen LogP contribution in [0.4, 0.5) is 0 Å². The van der Waals surface area contributed by atoms with Crippen LogP contribution in [0.15, 0.2) is 60.8 Å². The van der Waals surface area contributed by atoms with Crippen LogP contribution in [0.3, 0.4) is 0 Å². The third kappa shape index (κ3) is 4.36. The van der Waals surface area contributed by atoms with Crippen LogP contribution in [0.1, 0.15) is 5.56 Å². The molecule has 0 spiro atoms. The quantitative estimate of drug-likeness (QED) is 0.598. The van der Waals surface area contributed by atoms with Crippen molar-refractivity contribution in [3.05, 3.63) is 71.4 Å². The summed E-state index contributed by atoms with van der Waals surface area (Å²) in [6.45, 7) is 0.862. The van der Waals surface area contributed by atoms with Gasteiger partial charge in [-0.1, -0.05) is 54.1 Å². The number of benzene rings is 2. The summed E-state index contributed by atoms with van der Waals surface area (Å²) in [6.07, 6.45) is 3.28. The number of hydrogen-bond donors (Lipinski definition) is 0. The first-order chi connectivity index (χ1) is 14.2. The molecule has 4 nitrogen and oxygen atoms in total. The molecule has 6 rings (SSSR count). The van der Waals surface area contributed by atoms with Crippen LogP contribution in [0.25, 0.3) is 11.1 Å². The fourth-order valence-corrected chi connectivity index (χ4v) is 3.88. The van der Waals surface area contributed by atoms with Crippen molar-refractivity contribution in [1.29, 1.82) is 0 Å². The zero-order valence-electron chi connectivity index (χ0n) is 15.9. The smallest absolute Gasteiger partial charge is 0.241 e. The van der Waals surface area contributed by atoms with Crippen LogP contribution in [0.2, 0.25) is 5.02 Å². The lowest BCUT2D eigenvalue weighted by atomic mass is 8.67. The number of rotatable bonds is 6. The molecule has 5 radical (unpaired) electrons. The predicted molar refractivity (Wildman–Crippen MR) is 126 cm³/mol. The Morgan fingerprint density at radius 3 is 2.45 bits per heavy atom. The highest BCUT2D eigenvalue weighted by molar-refractivity contribution is 7.87. The first kappa shape index (κ1) is 19.1. The van der Waals surface area contributed by atoms with Crippen LogP contribution in [0, 0.1) is 0 Å². The maximum atomic E-state index is 6.13. The highest BCUT2D eigenvalue weighted by Crippen LogP contribution is 2.30. The van der Waals surface area contributed by atoms with E-state index in [9.17, 15) is 0 Å². The molecule has 0 unspecified atom stereocenters.